The van der Waals surface area contributed by atoms with Gasteiger partial charge in [-0.05, 0) is 32.4 Å². The number of Topliss-reactive ketones (excluding diaryl/α,β-unsaturated/α-hetero) is 2. The molecule has 0 spiro atoms. The summed E-state index contributed by atoms with van der Waals surface area (Å²) in [5.41, 5.74) is 1.94. The minimum atomic E-state index is -0.837. The van der Waals surface area contributed by atoms with Gasteiger partial charge in [-0.2, -0.15) is 0 Å². The van der Waals surface area contributed by atoms with E-state index in [1.165, 1.54) is 0 Å². The van der Waals surface area contributed by atoms with Gasteiger partial charge in [0.1, 0.15) is 22.8 Å². The number of fused-ring (bicyclic) bond motifs is 2. The van der Waals surface area contributed by atoms with Crippen LogP contribution >= 0.6 is 0 Å². The van der Waals surface area contributed by atoms with Gasteiger partial charge in [-0.15, -0.1) is 0 Å². The first-order valence-electron chi connectivity index (χ1n) is 11.3. The molecule has 0 N–H and O–H groups in total. The van der Waals surface area contributed by atoms with Crippen LogP contribution < -0.4 is 0 Å². The van der Waals surface area contributed by atoms with Gasteiger partial charge >= 0.3 is 0 Å². The van der Waals surface area contributed by atoms with Crippen molar-refractivity contribution in [2.45, 2.75) is 32.2 Å². The van der Waals surface area contributed by atoms with Gasteiger partial charge in [0.2, 0.25) is 0 Å². The second-order valence-electron chi connectivity index (χ2n) is 9.33. The van der Waals surface area contributed by atoms with Crippen LogP contribution in [0.25, 0.3) is 0 Å². The van der Waals surface area contributed by atoms with Crippen LogP contribution in [0.1, 0.15) is 25.8 Å². The van der Waals surface area contributed by atoms with Crippen molar-refractivity contribution in [2.75, 3.05) is 32.8 Å². The number of ketones is 2. The van der Waals surface area contributed by atoms with E-state index in [-0.39, 0.29) is 11.6 Å². The molecular formula is C25H28N4O3. The average molecular weight is 433 g/mol. The SMILES string of the molecule is CC1(C)N=CC2=C3N=C(Cc4ccccc4)N=C3C(=O)C(CCN3CCOCC3)C2C1=O. The zero-order chi connectivity index (χ0) is 22.3. The summed E-state index contributed by atoms with van der Waals surface area (Å²) in [6, 6.07) is 9.96. The topological polar surface area (TPSA) is 83.7 Å². The zero-order valence-corrected chi connectivity index (χ0v) is 18.6. The highest BCUT2D eigenvalue weighted by molar-refractivity contribution is 6.51. The van der Waals surface area contributed by atoms with Gasteiger partial charge in [0.15, 0.2) is 11.6 Å². The standard InChI is InChI=1S/C25H28N4O3/c1-25(2)24(31)20-17(8-9-29-10-12-32-13-11-29)23(30)22-21(18(20)15-26-25)27-19(28-22)14-16-6-4-3-5-7-16/h3-7,15,17,20H,8-14H2,1-2H3. The molecular weight excluding hydrogens is 404 g/mol. The van der Waals surface area contributed by atoms with Crippen LogP contribution in [0.2, 0.25) is 0 Å². The Bertz CT molecular complexity index is 1060. The van der Waals surface area contributed by atoms with Crippen LogP contribution in [0.3, 0.4) is 0 Å². The molecule has 1 fully saturated rings. The molecule has 32 heavy (non-hydrogen) atoms. The number of rotatable bonds is 5. The molecule has 7 heteroatoms. The van der Waals surface area contributed by atoms with Gasteiger partial charge in [-0.25, -0.2) is 9.98 Å². The Morgan fingerprint density at radius 3 is 2.59 bits per heavy atom. The summed E-state index contributed by atoms with van der Waals surface area (Å²) in [6.07, 6.45) is 2.93. The molecule has 1 aromatic rings. The fraction of sp³-hybridized carbons (Fsp3) is 0.480. The lowest BCUT2D eigenvalue weighted by Crippen LogP contribution is -2.50. The Balaban J connectivity index is 1.48. The van der Waals surface area contributed by atoms with Crippen molar-refractivity contribution in [1.82, 2.24) is 4.90 Å². The Morgan fingerprint density at radius 1 is 1.09 bits per heavy atom. The molecule has 0 amide bonds. The lowest BCUT2D eigenvalue weighted by atomic mass is 9.67. The molecule has 1 aromatic carbocycles. The van der Waals surface area contributed by atoms with E-state index in [1.807, 2.05) is 44.2 Å². The van der Waals surface area contributed by atoms with E-state index in [0.29, 0.717) is 43.3 Å². The number of ether oxygens (including phenoxy) is 1. The maximum absolute atomic E-state index is 13.6. The van der Waals surface area contributed by atoms with Gasteiger partial charge in [-0.1, -0.05) is 30.3 Å². The molecule has 1 saturated heterocycles. The third-order valence-electron chi connectivity index (χ3n) is 6.76. The molecule has 0 aromatic heterocycles. The zero-order valence-electron chi connectivity index (χ0n) is 18.6. The van der Waals surface area contributed by atoms with E-state index >= 15 is 0 Å². The second-order valence-corrected chi connectivity index (χ2v) is 9.33. The van der Waals surface area contributed by atoms with Gasteiger partial charge in [0.05, 0.1) is 19.1 Å². The van der Waals surface area contributed by atoms with E-state index in [9.17, 15) is 9.59 Å². The first-order chi connectivity index (χ1) is 15.4. The quantitative estimate of drug-likeness (QED) is 0.715. The summed E-state index contributed by atoms with van der Waals surface area (Å²) in [4.78, 5) is 43.2. The van der Waals surface area contributed by atoms with Crippen molar-refractivity contribution in [3.8, 4) is 0 Å². The number of morpholine rings is 1. The van der Waals surface area contributed by atoms with Crippen molar-refractivity contribution < 1.29 is 14.3 Å². The number of benzene rings is 1. The molecule has 2 atom stereocenters. The summed E-state index contributed by atoms with van der Waals surface area (Å²) >= 11 is 0. The van der Waals surface area contributed by atoms with Crippen molar-refractivity contribution in [3.05, 3.63) is 47.2 Å². The third kappa shape index (κ3) is 3.80. The smallest absolute Gasteiger partial charge is 0.187 e. The van der Waals surface area contributed by atoms with E-state index in [1.54, 1.807) is 6.21 Å². The molecule has 1 aliphatic carbocycles. The molecule has 5 rings (SSSR count). The van der Waals surface area contributed by atoms with Crippen molar-refractivity contribution in [2.24, 2.45) is 26.8 Å². The van der Waals surface area contributed by atoms with Crippen molar-refractivity contribution in [3.63, 3.8) is 0 Å². The summed E-state index contributed by atoms with van der Waals surface area (Å²) in [5, 5.41) is 0. The minimum absolute atomic E-state index is 0.00594. The highest BCUT2D eigenvalue weighted by atomic mass is 16.5. The molecule has 7 nitrogen and oxygen atoms in total. The number of carbonyl (C=O) groups excluding carboxylic acids is 2. The first-order valence-corrected chi connectivity index (χ1v) is 11.3. The van der Waals surface area contributed by atoms with Gasteiger partial charge < -0.3 is 4.74 Å². The number of hydrogen-bond acceptors (Lipinski definition) is 7. The second kappa shape index (κ2) is 8.30. The Morgan fingerprint density at radius 2 is 1.84 bits per heavy atom. The summed E-state index contributed by atoms with van der Waals surface area (Å²) in [6.45, 7) is 7.52. The predicted octanol–water partition coefficient (Wildman–Crippen LogP) is 2.31. The van der Waals surface area contributed by atoms with Crippen molar-refractivity contribution >= 4 is 29.3 Å². The molecule has 166 valence electrons. The fourth-order valence-electron chi connectivity index (χ4n) is 4.90. The Kier molecular flexibility index (Phi) is 5.47. The molecule has 0 radical (unpaired) electrons. The summed E-state index contributed by atoms with van der Waals surface area (Å²) < 4.78 is 5.44. The minimum Gasteiger partial charge on any atom is -0.379 e. The number of carbonyl (C=O) groups is 2. The normalized spacial score (nSPS) is 27.2. The average Bonchev–Trinajstić information content (AvgIpc) is 3.21. The van der Waals surface area contributed by atoms with Crippen LogP contribution in [0.15, 0.2) is 56.6 Å². The fourth-order valence-corrected chi connectivity index (χ4v) is 4.90. The highest BCUT2D eigenvalue weighted by Gasteiger charge is 2.51. The highest BCUT2D eigenvalue weighted by Crippen LogP contribution is 2.41. The van der Waals surface area contributed by atoms with E-state index < -0.39 is 17.4 Å². The monoisotopic (exact) mass is 432 g/mol. The number of aliphatic imine (C=N–C) groups is 3. The van der Waals surface area contributed by atoms with E-state index in [2.05, 4.69) is 14.9 Å². The number of allylic oxidation sites excluding steroid dienone is 2. The lowest BCUT2D eigenvalue weighted by Gasteiger charge is -2.38. The van der Waals surface area contributed by atoms with Crippen LogP contribution in [0, 0.1) is 11.8 Å². The van der Waals surface area contributed by atoms with Gasteiger partial charge in [-0.3, -0.25) is 19.5 Å². The third-order valence-corrected chi connectivity index (χ3v) is 6.76. The summed E-state index contributed by atoms with van der Waals surface area (Å²) in [5.74, 6) is -0.396. The van der Waals surface area contributed by atoms with Gasteiger partial charge in [0, 0.05) is 37.2 Å². The molecule has 3 aliphatic heterocycles. The van der Waals surface area contributed by atoms with Crippen LogP contribution in [-0.2, 0) is 20.7 Å². The van der Waals surface area contributed by atoms with Crippen molar-refractivity contribution in [1.29, 1.82) is 0 Å². The Labute approximate surface area is 188 Å². The van der Waals surface area contributed by atoms with Crippen LogP contribution in [0.5, 0.6) is 0 Å². The van der Waals surface area contributed by atoms with E-state index in [0.717, 1.165) is 30.8 Å². The molecule has 2 unspecified atom stereocenters. The maximum Gasteiger partial charge on any atom is 0.187 e. The Hall–Kier alpha value is -2.77. The van der Waals surface area contributed by atoms with E-state index in [4.69, 9.17) is 9.73 Å². The molecule has 4 aliphatic rings. The number of amidine groups is 1. The predicted molar refractivity (Wildman–Crippen MR) is 123 cm³/mol. The number of hydrogen-bond donors (Lipinski definition) is 0. The molecule has 0 saturated carbocycles. The van der Waals surface area contributed by atoms with Crippen LogP contribution in [-0.4, -0.2) is 72.6 Å². The lowest BCUT2D eigenvalue weighted by molar-refractivity contribution is -0.131. The van der Waals surface area contributed by atoms with Crippen LogP contribution in [0.4, 0.5) is 0 Å². The summed E-state index contributed by atoms with van der Waals surface area (Å²) in [7, 11) is 0. The van der Waals surface area contributed by atoms with Gasteiger partial charge in [0.25, 0.3) is 0 Å². The molecule has 3 heterocycles. The number of nitrogens with zero attached hydrogens (tertiary/aromatic N) is 4. The molecule has 0 bridgehead atoms. The first kappa shape index (κ1) is 21.1. The maximum atomic E-state index is 13.6. The largest absolute Gasteiger partial charge is 0.379 e.